The highest BCUT2D eigenvalue weighted by atomic mass is 127. The largest absolute Gasteiger partial charge is 0.496 e. The summed E-state index contributed by atoms with van der Waals surface area (Å²) in [4.78, 5) is 16.7. The fourth-order valence-electron chi connectivity index (χ4n) is 3.55. The van der Waals surface area contributed by atoms with E-state index in [1.807, 2.05) is 32.0 Å². The van der Waals surface area contributed by atoms with Gasteiger partial charge in [0.25, 0.3) is 0 Å². The van der Waals surface area contributed by atoms with Crippen molar-refractivity contribution in [2.45, 2.75) is 32.6 Å². The van der Waals surface area contributed by atoms with Gasteiger partial charge in [0, 0.05) is 31.1 Å². The first-order chi connectivity index (χ1) is 14.1. The number of aryl methyl sites for hydroxylation is 1. The zero-order valence-electron chi connectivity index (χ0n) is 17.8. The number of fused-ring (bicyclic) bond motifs is 1. The molecule has 1 heterocycles. The van der Waals surface area contributed by atoms with E-state index in [-0.39, 0.29) is 35.8 Å². The van der Waals surface area contributed by atoms with Crippen LogP contribution in [-0.2, 0) is 11.2 Å². The molecule has 0 spiro atoms. The molecule has 30 heavy (non-hydrogen) atoms. The minimum atomic E-state index is 0. The number of nitrogens with one attached hydrogen (secondary N) is 3. The number of halogens is 1. The number of guanidine groups is 1. The summed E-state index contributed by atoms with van der Waals surface area (Å²) in [7, 11) is 1.70. The molecule has 0 radical (unpaired) electrons. The van der Waals surface area contributed by atoms with Crippen LogP contribution in [0.5, 0.6) is 5.75 Å². The molecule has 0 saturated heterocycles. The number of ether oxygens (including phenoxy) is 1. The summed E-state index contributed by atoms with van der Waals surface area (Å²) in [5.74, 6) is 1.83. The summed E-state index contributed by atoms with van der Waals surface area (Å²) in [5.41, 5.74) is 4.40. The van der Waals surface area contributed by atoms with Gasteiger partial charge >= 0.3 is 0 Å². The molecule has 7 heteroatoms. The number of nitrogens with zero attached hydrogens (tertiary/aromatic N) is 1. The monoisotopic (exact) mass is 522 g/mol. The number of carbonyl (C=O) groups is 1. The number of benzene rings is 2. The maximum absolute atomic E-state index is 12.0. The molecule has 2 aromatic rings. The highest BCUT2D eigenvalue weighted by Gasteiger charge is 2.24. The van der Waals surface area contributed by atoms with Crippen LogP contribution in [0.3, 0.4) is 0 Å². The second kappa shape index (κ2) is 11.8. The third-order valence-electron chi connectivity index (χ3n) is 5.10. The van der Waals surface area contributed by atoms with E-state index in [4.69, 9.17) is 9.73 Å². The molecule has 0 aromatic heterocycles. The van der Waals surface area contributed by atoms with Crippen LogP contribution in [0.1, 0.15) is 36.0 Å². The Morgan fingerprint density at radius 1 is 1.23 bits per heavy atom. The normalized spacial score (nSPS) is 15.5. The summed E-state index contributed by atoms with van der Waals surface area (Å²) < 4.78 is 5.41. The summed E-state index contributed by atoms with van der Waals surface area (Å²) in [6, 6.07) is 14.3. The first kappa shape index (κ1) is 24.0. The van der Waals surface area contributed by atoms with Gasteiger partial charge in [-0.2, -0.15) is 0 Å². The Kier molecular flexibility index (Phi) is 9.42. The smallest absolute Gasteiger partial charge is 0.225 e. The Bertz CT molecular complexity index is 885. The van der Waals surface area contributed by atoms with Gasteiger partial charge < -0.3 is 20.7 Å². The molecule has 0 aliphatic carbocycles. The highest BCUT2D eigenvalue weighted by Crippen LogP contribution is 2.31. The lowest BCUT2D eigenvalue weighted by Gasteiger charge is -2.24. The van der Waals surface area contributed by atoms with Crippen LogP contribution in [-0.4, -0.2) is 38.6 Å². The van der Waals surface area contributed by atoms with Gasteiger partial charge in [-0.3, -0.25) is 9.79 Å². The van der Waals surface area contributed by atoms with Crippen LogP contribution in [0.15, 0.2) is 47.5 Å². The third kappa shape index (κ3) is 6.35. The second-order valence-corrected chi connectivity index (χ2v) is 7.24. The van der Waals surface area contributed by atoms with Crippen LogP contribution < -0.4 is 20.7 Å². The minimum Gasteiger partial charge on any atom is -0.496 e. The Labute approximate surface area is 195 Å². The number of anilines is 1. The summed E-state index contributed by atoms with van der Waals surface area (Å²) in [5, 5.41) is 9.62. The predicted molar refractivity (Wildman–Crippen MR) is 133 cm³/mol. The average molecular weight is 522 g/mol. The Balaban J connectivity index is 0.00000320. The van der Waals surface area contributed by atoms with Crippen molar-refractivity contribution in [3.63, 3.8) is 0 Å². The third-order valence-corrected chi connectivity index (χ3v) is 5.10. The van der Waals surface area contributed by atoms with E-state index in [1.165, 1.54) is 5.56 Å². The van der Waals surface area contributed by atoms with Crippen molar-refractivity contribution in [3.05, 3.63) is 59.2 Å². The van der Waals surface area contributed by atoms with Gasteiger partial charge in [0.2, 0.25) is 5.91 Å². The van der Waals surface area contributed by atoms with E-state index in [0.717, 1.165) is 48.0 Å². The number of hydrogen-bond donors (Lipinski definition) is 3. The van der Waals surface area contributed by atoms with E-state index < -0.39 is 0 Å². The van der Waals surface area contributed by atoms with Crippen LogP contribution >= 0.6 is 24.0 Å². The van der Waals surface area contributed by atoms with Gasteiger partial charge in [0.15, 0.2) is 5.96 Å². The topological polar surface area (TPSA) is 74.8 Å². The Hall–Kier alpha value is -2.29. The van der Waals surface area contributed by atoms with E-state index in [1.54, 1.807) is 7.11 Å². The highest BCUT2D eigenvalue weighted by molar-refractivity contribution is 14.0. The van der Waals surface area contributed by atoms with Crippen molar-refractivity contribution >= 4 is 41.5 Å². The number of para-hydroxylation sites is 1. The number of rotatable bonds is 7. The molecule has 1 aliphatic heterocycles. The first-order valence-corrected chi connectivity index (χ1v) is 10.1. The molecule has 0 fully saturated rings. The maximum Gasteiger partial charge on any atom is 0.225 e. The number of amides is 1. The van der Waals surface area contributed by atoms with Crippen molar-refractivity contribution in [1.29, 1.82) is 0 Å². The standard InChI is InChI=1S/C23H30N4O2.HI/c1-4-24-23(25-12-11-17-10-9-16(2)21(13-17)29-3)26-15-18-14-22(28)27-20-8-6-5-7-19(18)20;/h5-10,13,18H,4,11-12,14-15H2,1-3H3,(H,27,28)(H2,24,25,26);1H. The molecule has 1 atom stereocenters. The molecule has 0 bridgehead atoms. The molecular weight excluding hydrogens is 491 g/mol. The number of carbonyl (C=O) groups excluding carboxylic acids is 1. The zero-order valence-corrected chi connectivity index (χ0v) is 20.2. The summed E-state index contributed by atoms with van der Waals surface area (Å²) in [6.07, 6.45) is 1.33. The van der Waals surface area contributed by atoms with E-state index >= 15 is 0 Å². The summed E-state index contributed by atoms with van der Waals surface area (Å²) >= 11 is 0. The average Bonchev–Trinajstić information content (AvgIpc) is 2.72. The molecule has 1 aliphatic rings. The Morgan fingerprint density at radius 3 is 2.80 bits per heavy atom. The van der Waals surface area contributed by atoms with E-state index in [0.29, 0.717) is 13.0 Å². The fourth-order valence-corrected chi connectivity index (χ4v) is 3.55. The maximum atomic E-state index is 12.0. The summed E-state index contributed by atoms with van der Waals surface area (Å²) in [6.45, 7) is 6.20. The molecule has 6 nitrogen and oxygen atoms in total. The van der Waals surface area contributed by atoms with E-state index in [9.17, 15) is 4.79 Å². The molecule has 0 saturated carbocycles. The lowest BCUT2D eigenvalue weighted by Crippen LogP contribution is -2.38. The van der Waals surface area contributed by atoms with Crippen LogP contribution in [0.25, 0.3) is 0 Å². The molecule has 162 valence electrons. The number of methoxy groups -OCH3 is 1. The van der Waals surface area contributed by atoms with Crippen molar-refractivity contribution in [2.75, 3.05) is 32.1 Å². The van der Waals surface area contributed by atoms with Crippen LogP contribution in [0, 0.1) is 6.92 Å². The van der Waals surface area contributed by atoms with Crippen molar-refractivity contribution in [1.82, 2.24) is 10.6 Å². The second-order valence-electron chi connectivity index (χ2n) is 7.24. The molecule has 1 unspecified atom stereocenters. The molecule has 1 amide bonds. The van der Waals surface area contributed by atoms with Crippen molar-refractivity contribution < 1.29 is 9.53 Å². The zero-order chi connectivity index (χ0) is 20.6. The quantitative estimate of drug-likeness (QED) is 0.294. The number of hydrogen-bond acceptors (Lipinski definition) is 3. The molecular formula is C23H31IN4O2. The molecule has 2 aromatic carbocycles. The van der Waals surface area contributed by atoms with Gasteiger partial charge in [-0.25, -0.2) is 0 Å². The predicted octanol–water partition coefficient (Wildman–Crippen LogP) is 3.85. The Morgan fingerprint density at radius 2 is 2.03 bits per heavy atom. The van der Waals surface area contributed by atoms with Gasteiger partial charge in [-0.05, 0) is 49.1 Å². The van der Waals surface area contributed by atoms with Gasteiger partial charge in [0.05, 0.1) is 13.7 Å². The molecule has 3 rings (SSSR count). The lowest BCUT2D eigenvalue weighted by molar-refractivity contribution is -0.116. The van der Waals surface area contributed by atoms with Gasteiger partial charge in [-0.15, -0.1) is 24.0 Å². The van der Waals surface area contributed by atoms with Crippen LogP contribution in [0.4, 0.5) is 5.69 Å². The fraction of sp³-hybridized carbons (Fsp3) is 0.391. The van der Waals surface area contributed by atoms with Crippen molar-refractivity contribution in [2.24, 2.45) is 4.99 Å². The molecule has 3 N–H and O–H groups in total. The van der Waals surface area contributed by atoms with Gasteiger partial charge in [-0.1, -0.05) is 30.3 Å². The SMILES string of the molecule is CCNC(=NCC1CC(=O)Nc2ccccc21)NCCc1ccc(C)c(OC)c1.I. The lowest BCUT2D eigenvalue weighted by atomic mass is 9.91. The van der Waals surface area contributed by atoms with E-state index in [2.05, 4.69) is 40.2 Å². The van der Waals surface area contributed by atoms with Crippen LogP contribution in [0.2, 0.25) is 0 Å². The van der Waals surface area contributed by atoms with Crippen molar-refractivity contribution in [3.8, 4) is 5.75 Å². The first-order valence-electron chi connectivity index (χ1n) is 10.1. The minimum absolute atomic E-state index is 0. The van der Waals surface area contributed by atoms with Gasteiger partial charge in [0.1, 0.15) is 5.75 Å². The number of aliphatic imine (C=N–C) groups is 1.